The molecule has 0 amide bonds. The summed E-state index contributed by atoms with van der Waals surface area (Å²) in [4.78, 5) is 13.7. The monoisotopic (exact) mass is 442 g/mol. The zero-order valence-corrected chi connectivity index (χ0v) is 19.4. The van der Waals surface area contributed by atoms with E-state index in [1.807, 2.05) is 0 Å². The molecular formula is C23H31ClN6O. The van der Waals surface area contributed by atoms with Crippen molar-refractivity contribution in [3.05, 3.63) is 58.7 Å². The summed E-state index contributed by atoms with van der Waals surface area (Å²) in [6.45, 7) is 11.3. The first-order valence-corrected chi connectivity index (χ1v) is 10.4. The van der Waals surface area contributed by atoms with E-state index in [4.69, 9.17) is 10.5 Å². The van der Waals surface area contributed by atoms with Crippen molar-refractivity contribution in [1.29, 1.82) is 0 Å². The highest BCUT2D eigenvalue weighted by Gasteiger charge is 2.33. The van der Waals surface area contributed by atoms with Crippen LogP contribution in [-0.4, -0.2) is 49.4 Å². The van der Waals surface area contributed by atoms with Crippen molar-refractivity contribution in [2.75, 3.05) is 36.5 Å². The second kappa shape index (κ2) is 9.58. The van der Waals surface area contributed by atoms with Crippen molar-refractivity contribution in [3.63, 3.8) is 0 Å². The van der Waals surface area contributed by atoms with Gasteiger partial charge in [-0.2, -0.15) is 4.99 Å². The van der Waals surface area contributed by atoms with E-state index in [1.54, 1.807) is 0 Å². The van der Waals surface area contributed by atoms with Crippen molar-refractivity contribution < 1.29 is 4.74 Å². The Morgan fingerprint density at radius 1 is 0.968 bits per heavy atom. The van der Waals surface area contributed by atoms with Gasteiger partial charge in [-0.3, -0.25) is 4.90 Å². The summed E-state index contributed by atoms with van der Waals surface area (Å²) in [5, 5.41) is 3.60. The Bertz CT molecular complexity index is 1000. The van der Waals surface area contributed by atoms with Crippen LogP contribution in [0.25, 0.3) is 0 Å². The number of halogens is 1. The average molecular weight is 443 g/mol. The maximum Gasteiger partial charge on any atom is 0.222 e. The molecule has 2 aromatic carbocycles. The number of morpholine rings is 1. The first kappa shape index (κ1) is 22.9. The molecule has 0 aromatic heterocycles. The van der Waals surface area contributed by atoms with Crippen LogP contribution in [0.2, 0.25) is 0 Å². The molecule has 0 radical (unpaired) electrons. The second-order valence-corrected chi connectivity index (χ2v) is 7.99. The topological polar surface area (TPSA) is 78.5 Å². The smallest absolute Gasteiger partial charge is 0.222 e. The molecule has 1 fully saturated rings. The molecule has 0 saturated carbocycles. The zero-order chi connectivity index (χ0) is 21.3. The quantitative estimate of drug-likeness (QED) is 0.759. The fourth-order valence-electron chi connectivity index (χ4n) is 3.81. The van der Waals surface area contributed by atoms with Crippen molar-refractivity contribution in [2.45, 2.75) is 34.0 Å². The van der Waals surface area contributed by atoms with Gasteiger partial charge in [-0.1, -0.05) is 24.3 Å². The first-order valence-electron chi connectivity index (χ1n) is 10.4. The van der Waals surface area contributed by atoms with Crippen LogP contribution >= 0.6 is 12.4 Å². The molecule has 1 atom stereocenters. The maximum atomic E-state index is 6.19. The third kappa shape index (κ3) is 4.94. The number of benzene rings is 2. The molecule has 2 aliphatic heterocycles. The minimum absolute atomic E-state index is 0. The van der Waals surface area contributed by atoms with Gasteiger partial charge >= 0.3 is 0 Å². The normalized spacial score (nSPS) is 18.8. The van der Waals surface area contributed by atoms with Gasteiger partial charge in [0.1, 0.15) is 0 Å². The Hall–Kier alpha value is -2.77. The zero-order valence-electron chi connectivity index (χ0n) is 18.6. The number of hydrogen-bond acceptors (Lipinski definition) is 7. The van der Waals surface area contributed by atoms with Crippen LogP contribution in [0.5, 0.6) is 0 Å². The van der Waals surface area contributed by atoms with Crippen LogP contribution in [0.4, 0.5) is 11.4 Å². The lowest BCUT2D eigenvalue weighted by Gasteiger charge is -2.41. The number of rotatable bonds is 3. The van der Waals surface area contributed by atoms with E-state index < -0.39 is 6.29 Å². The number of guanidine groups is 2. The van der Waals surface area contributed by atoms with Gasteiger partial charge in [-0.25, -0.2) is 4.99 Å². The molecule has 0 bridgehead atoms. The molecule has 166 valence electrons. The summed E-state index contributed by atoms with van der Waals surface area (Å²) in [6, 6.07) is 12.8. The minimum Gasteiger partial charge on any atom is -0.378 e. The molecule has 4 rings (SSSR count). The molecule has 2 aliphatic rings. The third-order valence-corrected chi connectivity index (χ3v) is 5.52. The summed E-state index contributed by atoms with van der Waals surface area (Å²) in [7, 11) is 0. The largest absolute Gasteiger partial charge is 0.378 e. The Balaban J connectivity index is 0.00000272. The number of nitrogens with one attached hydrogen (secondary N) is 1. The minimum atomic E-state index is -0.402. The van der Waals surface area contributed by atoms with E-state index in [1.165, 1.54) is 11.1 Å². The maximum absolute atomic E-state index is 6.19. The highest BCUT2D eigenvalue weighted by Crippen LogP contribution is 2.29. The number of nitrogens with zero attached hydrogens (tertiary/aromatic N) is 4. The van der Waals surface area contributed by atoms with Crippen LogP contribution in [0.1, 0.15) is 22.3 Å². The Morgan fingerprint density at radius 2 is 1.61 bits per heavy atom. The third-order valence-electron chi connectivity index (χ3n) is 5.52. The number of anilines is 2. The lowest BCUT2D eigenvalue weighted by atomic mass is 10.1. The van der Waals surface area contributed by atoms with Crippen LogP contribution in [0.15, 0.2) is 46.4 Å². The number of nitrogens with two attached hydrogens (primary N) is 1. The Morgan fingerprint density at radius 3 is 2.32 bits per heavy atom. The van der Waals surface area contributed by atoms with Gasteiger partial charge in [0.2, 0.25) is 18.2 Å². The lowest BCUT2D eigenvalue weighted by Crippen LogP contribution is -2.57. The van der Waals surface area contributed by atoms with Crippen molar-refractivity contribution in [1.82, 2.24) is 4.90 Å². The average Bonchev–Trinajstić information content (AvgIpc) is 2.73. The van der Waals surface area contributed by atoms with Gasteiger partial charge < -0.3 is 20.7 Å². The summed E-state index contributed by atoms with van der Waals surface area (Å²) in [5.41, 5.74) is 13.0. The van der Waals surface area contributed by atoms with E-state index in [0.717, 1.165) is 41.6 Å². The number of aryl methyl sites for hydroxylation is 4. The van der Waals surface area contributed by atoms with E-state index in [9.17, 15) is 0 Å². The molecule has 3 N–H and O–H groups in total. The van der Waals surface area contributed by atoms with Gasteiger partial charge in [-0.15, -0.1) is 12.4 Å². The van der Waals surface area contributed by atoms with Gasteiger partial charge in [-0.05, 0) is 62.1 Å². The SMILES string of the molecule is Cc1ccc(C)c(NC2N=C(N)N=C(N3CCOCC3)N2c2cc(C)ccc2C)c1.Cl. The highest BCUT2D eigenvalue weighted by molar-refractivity contribution is 6.06. The van der Waals surface area contributed by atoms with Crippen molar-refractivity contribution in [3.8, 4) is 0 Å². The fraction of sp³-hybridized carbons (Fsp3) is 0.391. The van der Waals surface area contributed by atoms with Gasteiger partial charge in [0.05, 0.1) is 18.9 Å². The Labute approximate surface area is 190 Å². The molecule has 31 heavy (non-hydrogen) atoms. The predicted molar refractivity (Wildman–Crippen MR) is 130 cm³/mol. The molecule has 2 heterocycles. The fourth-order valence-corrected chi connectivity index (χ4v) is 3.81. The second-order valence-electron chi connectivity index (χ2n) is 7.99. The molecule has 1 unspecified atom stereocenters. The number of aliphatic imine (C=N–C) groups is 2. The summed E-state index contributed by atoms with van der Waals surface area (Å²) < 4.78 is 5.56. The Kier molecular flexibility index (Phi) is 7.08. The van der Waals surface area contributed by atoms with Crippen LogP contribution in [-0.2, 0) is 4.74 Å². The van der Waals surface area contributed by atoms with E-state index in [-0.39, 0.29) is 18.4 Å². The van der Waals surface area contributed by atoms with Crippen LogP contribution in [0.3, 0.4) is 0 Å². The molecular weight excluding hydrogens is 412 g/mol. The van der Waals surface area contributed by atoms with Crippen LogP contribution in [0, 0.1) is 27.7 Å². The predicted octanol–water partition coefficient (Wildman–Crippen LogP) is 3.56. The summed E-state index contributed by atoms with van der Waals surface area (Å²) in [6.07, 6.45) is -0.402. The van der Waals surface area contributed by atoms with E-state index in [0.29, 0.717) is 13.2 Å². The molecule has 0 aliphatic carbocycles. The van der Waals surface area contributed by atoms with E-state index in [2.05, 4.69) is 89.2 Å². The lowest BCUT2D eigenvalue weighted by molar-refractivity contribution is 0.0671. The van der Waals surface area contributed by atoms with Gasteiger partial charge in [0.25, 0.3) is 0 Å². The standard InChI is InChI=1S/C23H30N6O.ClH/c1-15-5-7-17(3)19(13-15)25-22-26-21(24)27-23(28-9-11-30-12-10-28)29(22)20-14-16(2)6-8-18(20)4;/h5-8,13-14,22,25H,9-12H2,1-4H3,(H2,24,26);1H. The molecule has 7 nitrogen and oxygen atoms in total. The molecule has 0 spiro atoms. The summed E-state index contributed by atoms with van der Waals surface area (Å²) in [5.74, 6) is 1.09. The number of ether oxygens (including phenoxy) is 1. The molecule has 1 saturated heterocycles. The highest BCUT2D eigenvalue weighted by atomic mass is 35.5. The first-order chi connectivity index (χ1) is 14.4. The molecule has 8 heteroatoms. The number of hydrogen-bond donors (Lipinski definition) is 2. The van der Waals surface area contributed by atoms with Crippen molar-refractivity contribution in [2.24, 2.45) is 15.7 Å². The van der Waals surface area contributed by atoms with Gasteiger partial charge in [0.15, 0.2) is 0 Å². The van der Waals surface area contributed by atoms with Gasteiger partial charge in [0, 0.05) is 18.8 Å². The molecule has 2 aromatic rings. The van der Waals surface area contributed by atoms with Crippen LogP contribution < -0.4 is 16.0 Å². The van der Waals surface area contributed by atoms with E-state index >= 15 is 0 Å². The van der Waals surface area contributed by atoms with Crippen molar-refractivity contribution >= 4 is 35.7 Å². The summed E-state index contributed by atoms with van der Waals surface area (Å²) >= 11 is 0.